The standard InChI is InChI=1S/C26H29ClN4O5S/c1-18-9-10-22(19(2)15-18)37(34,35)30-13-11-29(12-14-30)23(32)17-36-26(33)24-20(3)28-31(25(24)27)16-21-7-5-4-6-8-21/h4-10,15H,11-14,16-17H2,1-3H3. The molecule has 1 amide bonds. The number of sulfonamides is 1. The second-order valence-electron chi connectivity index (χ2n) is 9.02. The van der Waals surface area contributed by atoms with E-state index in [1.807, 2.05) is 43.3 Å². The van der Waals surface area contributed by atoms with Gasteiger partial charge in [0.15, 0.2) is 6.61 Å². The normalized spacial score (nSPS) is 14.5. The monoisotopic (exact) mass is 544 g/mol. The zero-order chi connectivity index (χ0) is 26.7. The van der Waals surface area contributed by atoms with Crippen molar-refractivity contribution in [1.82, 2.24) is 19.0 Å². The molecule has 4 rings (SSSR count). The average molecular weight is 545 g/mol. The molecule has 0 saturated carbocycles. The van der Waals surface area contributed by atoms with Gasteiger partial charge < -0.3 is 9.64 Å². The number of benzene rings is 2. The number of piperazine rings is 1. The molecule has 3 aromatic rings. The van der Waals surface area contributed by atoms with Crippen LogP contribution in [0, 0.1) is 20.8 Å². The van der Waals surface area contributed by atoms with Crippen molar-refractivity contribution in [3.8, 4) is 0 Å². The van der Waals surface area contributed by atoms with Gasteiger partial charge in [-0.3, -0.25) is 4.79 Å². The highest BCUT2D eigenvalue weighted by Crippen LogP contribution is 2.23. The number of halogens is 1. The minimum absolute atomic E-state index is 0.120. The highest BCUT2D eigenvalue weighted by molar-refractivity contribution is 7.89. The van der Waals surface area contributed by atoms with E-state index in [1.54, 1.807) is 26.0 Å². The molecule has 2 heterocycles. The molecular formula is C26H29ClN4O5S. The lowest BCUT2D eigenvalue weighted by Gasteiger charge is -2.34. The van der Waals surface area contributed by atoms with E-state index in [4.69, 9.17) is 16.3 Å². The Morgan fingerprint density at radius 2 is 1.68 bits per heavy atom. The first-order valence-electron chi connectivity index (χ1n) is 11.9. The highest BCUT2D eigenvalue weighted by Gasteiger charge is 2.31. The fourth-order valence-electron chi connectivity index (χ4n) is 4.34. The summed E-state index contributed by atoms with van der Waals surface area (Å²) in [6.07, 6.45) is 0. The van der Waals surface area contributed by atoms with Crippen molar-refractivity contribution in [3.63, 3.8) is 0 Å². The Morgan fingerprint density at radius 1 is 1.00 bits per heavy atom. The number of ether oxygens (including phenoxy) is 1. The zero-order valence-electron chi connectivity index (χ0n) is 21.0. The van der Waals surface area contributed by atoms with Crippen LogP contribution in [-0.2, 0) is 26.1 Å². The summed E-state index contributed by atoms with van der Waals surface area (Å²) in [5.74, 6) is -1.13. The Hall–Kier alpha value is -3.21. The number of hydrogen-bond donors (Lipinski definition) is 0. The number of aromatic nitrogens is 2. The second kappa shape index (κ2) is 11.0. The Labute approximate surface area is 221 Å². The van der Waals surface area contributed by atoms with E-state index in [2.05, 4.69) is 5.10 Å². The van der Waals surface area contributed by atoms with Gasteiger partial charge in [-0.1, -0.05) is 59.6 Å². The van der Waals surface area contributed by atoms with Crippen molar-refractivity contribution in [2.45, 2.75) is 32.2 Å². The molecule has 0 aliphatic carbocycles. The number of rotatable bonds is 7. The van der Waals surface area contributed by atoms with Crippen LogP contribution in [0.2, 0.25) is 5.15 Å². The van der Waals surface area contributed by atoms with Crippen LogP contribution in [0.15, 0.2) is 53.4 Å². The van der Waals surface area contributed by atoms with Gasteiger partial charge in [-0.25, -0.2) is 17.9 Å². The van der Waals surface area contributed by atoms with Gasteiger partial charge in [0.2, 0.25) is 10.0 Å². The average Bonchev–Trinajstić information content (AvgIpc) is 3.15. The molecule has 1 aromatic heterocycles. The maximum atomic E-state index is 13.1. The quantitative estimate of drug-likeness (QED) is 0.423. The van der Waals surface area contributed by atoms with Gasteiger partial charge in [0.25, 0.3) is 5.91 Å². The first kappa shape index (κ1) is 26.8. The lowest BCUT2D eigenvalue weighted by atomic mass is 10.2. The summed E-state index contributed by atoms with van der Waals surface area (Å²) < 4.78 is 34.3. The van der Waals surface area contributed by atoms with Crippen molar-refractivity contribution in [3.05, 3.63) is 81.6 Å². The summed E-state index contributed by atoms with van der Waals surface area (Å²) in [5.41, 5.74) is 3.17. The smallest absolute Gasteiger partial charge is 0.343 e. The maximum Gasteiger partial charge on any atom is 0.343 e. The molecule has 1 saturated heterocycles. The molecule has 196 valence electrons. The summed E-state index contributed by atoms with van der Waals surface area (Å²) in [6, 6.07) is 14.8. The number of esters is 1. The van der Waals surface area contributed by atoms with Gasteiger partial charge >= 0.3 is 5.97 Å². The molecule has 0 radical (unpaired) electrons. The SMILES string of the molecule is Cc1ccc(S(=O)(=O)N2CCN(C(=O)COC(=O)c3c(C)nn(Cc4ccccc4)c3Cl)CC2)c(C)c1. The van der Waals surface area contributed by atoms with Crippen LogP contribution in [0.3, 0.4) is 0 Å². The van der Waals surface area contributed by atoms with Crippen molar-refractivity contribution < 1.29 is 22.7 Å². The minimum atomic E-state index is -3.66. The third-order valence-corrected chi connectivity index (χ3v) is 8.75. The molecule has 1 aliphatic heterocycles. The van der Waals surface area contributed by atoms with Gasteiger partial charge in [0.1, 0.15) is 10.7 Å². The largest absolute Gasteiger partial charge is 0.452 e. The second-order valence-corrected chi connectivity index (χ2v) is 11.3. The molecule has 11 heteroatoms. The number of carbonyl (C=O) groups excluding carboxylic acids is 2. The molecule has 9 nitrogen and oxygen atoms in total. The van der Waals surface area contributed by atoms with Gasteiger partial charge in [-0.05, 0) is 38.0 Å². The van der Waals surface area contributed by atoms with Crippen LogP contribution in [0.25, 0.3) is 0 Å². The van der Waals surface area contributed by atoms with E-state index < -0.39 is 28.5 Å². The summed E-state index contributed by atoms with van der Waals surface area (Å²) in [5, 5.41) is 4.48. The number of hydrogen-bond acceptors (Lipinski definition) is 6. The van der Waals surface area contributed by atoms with Crippen LogP contribution in [0.4, 0.5) is 0 Å². The number of carbonyl (C=O) groups is 2. The number of amides is 1. The molecule has 0 unspecified atom stereocenters. The third kappa shape index (κ3) is 5.87. The van der Waals surface area contributed by atoms with Gasteiger partial charge in [0.05, 0.1) is 17.1 Å². The topological polar surface area (TPSA) is 102 Å². The lowest BCUT2D eigenvalue weighted by Crippen LogP contribution is -2.51. The van der Waals surface area contributed by atoms with Gasteiger partial charge in [0, 0.05) is 26.2 Å². The summed E-state index contributed by atoms with van der Waals surface area (Å²) >= 11 is 6.41. The Morgan fingerprint density at radius 3 is 2.32 bits per heavy atom. The van der Waals surface area contributed by atoms with Crippen molar-refractivity contribution in [1.29, 1.82) is 0 Å². The highest BCUT2D eigenvalue weighted by atomic mass is 35.5. The summed E-state index contributed by atoms with van der Waals surface area (Å²) in [7, 11) is -3.66. The van der Waals surface area contributed by atoms with Crippen LogP contribution in [0.5, 0.6) is 0 Å². The summed E-state index contributed by atoms with van der Waals surface area (Å²) in [6.45, 7) is 5.98. The first-order valence-corrected chi connectivity index (χ1v) is 13.7. The molecule has 0 atom stereocenters. The Bertz CT molecular complexity index is 1410. The lowest BCUT2D eigenvalue weighted by molar-refractivity contribution is -0.135. The molecule has 2 aromatic carbocycles. The van der Waals surface area contributed by atoms with Gasteiger partial charge in [-0.15, -0.1) is 0 Å². The fraction of sp³-hybridized carbons (Fsp3) is 0.346. The number of nitrogens with zero attached hydrogens (tertiary/aromatic N) is 4. The fourth-order valence-corrected chi connectivity index (χ4v) is 6.28. The van der Waals surface area contributed by atoms with E-state index >= 15 is 0 Å². The summed E-state index contributed by atoms with van der Waals surface area (Å²) in [4.78, 5) is 27.2. The minimum Gasteiger partial charge on any atom is -0.452 e. The van der Waals surface area contributed by atoms with Crippen LogP contribution >= 0.6 is 11.6 Å². The van der Waals surface area contributed by atoms with Crippen LogP contribution in [0.1, 0.15) is 32.7 Å². The van der Waals surface area contributed by atoms with E-state index in [1.165, 1.54) is 13.9 Å². The van der Waals surface area contributed by atoms with E-state index in [0.29, 0.717) is 17.8 Å². The van der Waals surface area contributed by atoms with Crippen molar-refractivity contribution in [2.75, 3.05) is 32.8 Å². The first-order chi connectivity index (χ1) is 17.6. The predicted molar refractivity (Wildman–Crippen MR) is 139 cm³/mol. The van der Waals surface area contributed by atoms with Gasteiger partial charge in [-0.2, -0.15) is 9.40 Å². The van der Waals surface area contributed by atoms with E-state index in [-0.39, 0.29) is 41.8 Å². The molecule has 37 heavy (non-hydrogen) atoms. The Kier molecular flexibility index (Phi) is 8.01. The number of aryl methyl sites for hydroxylation is 3. The van der Waals surface area contributed by atoms with Crippen molar-refractivity contribution >= 4 is 33.5 Å². The van der Waals surface area contributed by atoms with Crippen LogP contribution in [-0.4, -0.2) is 72.1 Å². The predicted octanol–water partition coefficient (Wildman–Crippen LogP) is 3.20. The zero-order valence-corrected chi connectivity index (χ0v) is 22.6. The molecule has 0 spiro atoms. The third-order valence-electron chi connectivity index (χ3n) is 6.31. The Balaban J connectivity index is 1.33. The van der Waals surface area contributed by atoms with E-state index in [0.717, 1.165) is 11.1 Å². The van der Waals surface area contributed by atoms with Crippen molar-refractivity contribution in [2.24, 2.45) is 0 Å². The maximum absolute atomic E-state index is 13.1. The molecular weight excluding hydrogens is 516 g/mol. The van der Waals surface area contributed by atoms with Crippen LogP contribution < -0.4 is 0 Å². The molecule has 0 bridgehead atoms. The molecule has 1 aliphatic rings. The molecule has 0 N–H and O–H groups in total. The molecule has 1 fully saturated rings. The van der Waals surface area contributed by atoms with E-state index in [9.17, 15) is 18.0 Å².